The van der Waals surface area contributed by atoms with E-state index in [1.165, 1.54) is 0 Å². The number of rotatable bonds is 3. The summed E-state index contributed by atoms with van der Waals surface area (Å²) in [5.74, 6) is 0. The Morgan fingerprint density at radius 1 is 1.29 bits per heavy atom. The van der Waals surface area contributed by atoms with Crippen LogP contribution >= 0.6 is 23.2 Å². The van der Waals surface area contributed by atoms with Crippen LogP contribution in [0.2, 0.25) is 10.0 Å². The fourth-order valence-corrected chi connectivity index (χ4v) is 1.93. The summed E-state index contributed by atoms with van der Waals surface area (Å²) in [6, 6.07) is 7.13. The number of aliphatic hydroxyl groups excluding tert-OH is 1. The smallest absolute Gasteiger partial charge is 0.102 e. The van der Waals surface area contributed by atoms with Crippen molar-refractivity contribution in [3.63, 3.8) is 0 Å². The third kappa shape index (κ3) is 3.00. The zero-order valence-corrected chi connectivity index (χ0v) is 10.8. The average molecular weight is 271 g/mol. The Labute approximate surface area is 110 Å². The Morgan fingerprint density at radius 3 is 2.65 bits per heavy atom. The minimum atomic E-state index is -0.631. The molecule has 0 bridgehead atoms. The summed E-state index contributed by atoms with van der Waals surface area (Å²) < 4.78 is 1.66. The molecule has 0 aliphatic carbocycles. The Balaban J connectivity index is 2.12. The Hall–Kier alpha value is -1.03. The first kappa shape index (κ1) is 12.4. The number of hydrogen-bond acceptors (Lipinski definition) is 2. The molecule has 0 aliphatic heterocycles. The topological polar surface area (TPSA) is 38.0 Å². The van der Waals surface area contributed by atoms with Crippen LogP contribution in [0.5, 0.6) is 0 Å². The summed E-state index contributed by atoms with van der Waals surface area (Å²) in [6.07, 6.45) is 1.63. The van der Waals surface area contributed by atoms with Crippen LogP contribution in [-0.4, -0.2) is 14.9 Å². The Kier molecular flexibility index (Phi) is 3.72. The van der Waals surface area contributed by atoms with Crippen molar-refractivity contribution in [2.45, 2.75) is 12.5 Å². The minimum absolute atomic E-state index is 0.466. The van der Waals surface area contributed by atoms with Crippen molar-refractivity contribution in [1.82, 2.24) is 9.78 Å². The van der Waals surface area contributed by atoms with E-state index in [1.807, 2.05) is 13.1 Å². The van der Waals surface area contributed by atoms with Gasteiger partial charge >= 0.3 is 0 Å². The van der Waals surface area contributed by atoms with Crippen LogP contribution in [0.25, 0.3) is 0 Å². The van der Waals surface area contributed by atoms with Gasteiger partial charge in [0.25, 0.3) is 0 Å². The highest BCUT2D eigenvalue weighted by Gasteiger charge is 2.12. The first-order chi connectivity index (χ1) is 8.06. The van der Waals surface area contributed by atoms with Crippen molar-refractivity contribution in [3.8, 4) is 0 Å². The molecule has 0 saturated carbocycles. The van der Waals surface area contributed by atoms with Crippen LogP contribution in [0.1, 0.15) is 17.4 Å². The molecule has 1 unspecified atom stereocenters. The van der Waals surface area contributed by atoms with E-state index >= 15 is 0 Å². The SMILES string of the molecule is Cn1ccc(C(O)Cc2ccc(Cl)c(Cl)c2)n1. The number of hydrogen-bond donors (Lipinski definition) is 1. The molecular formula is C12H12Cl2N2O. The van der Waals surface area contributed by atoms with Crippen molar-refractivity contribution < 1.29 is 5.11 Å². The molecule has 1 aromatic carbocycles. The summed E-state index contributed by atoms with van der Waals surface area (Å²) in [5.41, 5.74) is 1.58. The molecule has 0 radical (unpaired) electrons. The molecule has 0 aliphatic rings. The van der Waals surface area contributed by atoms with Crippen LogP contribution in [0.4, 0.5) is 0 Å². The lowest BCUT2D eigenvalue weighted by atomic mass is 10.1. The molecule has 1 heterocycles. The third-order valence-corrected chi connectivity index (χ3v) is 3.23. The van der Waals surface area contributed by atoms with Gasteiger partial charge in [-0.15, -0.1) is 0 Å². The lowest BCUT2D eigenvalue weighted by Crippen LogP contribution is -2.03. The van der Waals surface area contributed by atoms with Gasteiger partial charge in [0.15, 0.2) is 0 Å². The van der Waals surface area contributed by atoms with Gasteiger partial charge in [0.1, 0.15) is 6.10 Å². The van der Waals surface area contributed by atoms with E-state index in [-0.39, 0.29) is 0 Å². The van der Waals surface area contributed by atoms with Crippen LogP contribution < -0.4 is 0 Å². The molecule has 90 valence electrons. The van der Waals surface area contributed by atoms with Gasteiger partial charge in [0.2, 0.25) is 0 Å². The van der Waals surface area contributed by atoms with E-state index in [1.54, 1.807) is 29.1 Å². The molecule has 5 heteroatoms. The highest BCUT2D eigenvalue weighted by atomic mass is 35.5. The molecule has 17 heavy (non-hydrogen) atoms. The third-order valence-electron chi connectivity index (χ3n) is 2.49. The molecule has 1 N–H and O–H groups in total. The second kappa shape index (κ2) is 5.08. The molecule has 2 rings (SSSR count). The Bertz CT molecular complexity index is 525. The lowest BCUT2D eigenvalue weighted by Gasteiger charge is -2.08. The van der Waals surface area contributed by atoms with Crippen molar-refractivity contribution in [3.05, 3.63) is 51.8 Å². The molecule has 1 atom stereocenters. The maximum atomic E-state index is 10.00. The van der Waals surface area contributed by atoms with E-state index < -0.39 is 6.10 Å². The van der Waals surface area contributed by atoms with E-state index in [9.17, 15) is 5.11 Å². The number of benzene rings is 1. The van der Waals surface area contributed by atoms with Crippen LogP contribution in [-0.2, 0) is 13.5 Å². The number of nitrogens with zero attached hydrogens (tertiary/aromatic N) is 2. The molecule has 1 aromatic heterocycles. The predicted octanol–water partition coefficient (Wildman–Crippen LogP) is 3.00. The van der Waals surface area contributed by atoms with Gasteiger partial charge < -0.3 is 5.11 Å². The largest absolute Gasteiger partial charge is 0.386 e. The summed E-state index contributed by atoms with van der Waals surface area (Å²) in [4.78, 5) is 0. The highest BCUT2D eigenvalue weighted by molar-refractivity contribution is 6.42. The highest BCUT2D eigenvalue weighted by Crippen LogP contribution is 2.25. The Morgan fingerprint density at radius 2 is 2.06 bits per heavy atom. The van der Waals surface area contributed by atoms with Gasteiger partial charge in [0.05, 0.1) is 15.7 Å². The maximum absolute atomic E-state index is 10.00. The van der Waals surface area contributed by atoms with E-state index in [0.29, 0.717) is 22.2 Å². The zero-order valence-electron chi connectivity index (χ0n) is 9.27. The molecular weight excluding hydrogens is 259 g/mol. The van der Waals surface area contributed by atoms with Gasteiger partial charge in [-0.2, -0.15) is 5.10 Å². The van der Waals surface area contributed by atoms with E-state index in [2.05, 4.69) is 5.10 Å². The van der Waals surface area contributed by atoms with Crippen LogP contribution in [0, 0.1) is 0 Å². The van der Waals surface area contributed by atoms with Crippen molar-refractivity contribution in [2.75, 3.05) is 0 Å². The first-order valence-electron chi connectivity index (χ1n) is 5.18. The van der Waals surface area contributed by atoms with Crippen LogP contribution in [0.15, 0.2) is 30.5 Å². The monoisotopic (exact) mass is 270 g/mol. The summed E-state index contributed by atoms with van der Waals surface area (Å²) >= 11 is 11.7. The number of halogens is 2. The average Bonchev–Trinajstić information content (AvgIpc) is 2.70. The van der Waals surface area contributed by atoms with Gasteiger partial charge in [-0.25, -0.2) is 0 Å². The number of aromatic nitrogens is 2. The molecule has 0 saturated heterocycles. The fourth-order valence-electron chi connectivity index (χ4n) is 1.61. The zero-order chi connectivity index (χ0) is 12.4. The van der Waals surface area contributed by atoms with Crippen molar-refractivity contribution >= 4 is 23.2 Å². The normalized spacial score (nSPS) is 12.7. The van der Waals surface area contributed by atoms with Gasteiger partial charge in [0, 0.05) is 19.7 Å². The lowest BCUT2D eigenvalue weighted by molar-refractivity contribution is 0.173. The number of aryl methyl sites for hydroxylation is 1. The fraction of sp³-hybridized carbons (Fsp3) is 0.250. The molecule has 2 aromatic rings. The van der Waals surface area contributed by atoms with Gasteiger partial charge in [-0.1, -0.05) is 29.3 Å². The minimum Gasteiger partial charge on any atom is -0.386 e. The summed E-state index contributed by atoms with van der Waals surface area (Å²) in [7, 11) is 1.81. The first-order valence-corrected chi connectivity index (χ1v) is 5.93. The second-order valence-corrected chi connectivity index (χ2v) is 4.70. The van der Waals surface area contributed by atoms with Crippen LogP contribution in [0.3, 0.4) is 0 Å². The summed E-state index contributed by atoms with van der Waals surface area (Å²) in [6.45, 7) is 0. The maximum Gasteiger partial charge on any atom is 0.102 e. The van der Waals surface area contributed by atoms with E-state index in [0.717, 1.165) is 5.56 Å². The molecule has 3 nitrogen and oxygen atoms in total. The standard InChI is InChI=1S/C12H12Cl2N2O/c1-16-5-4-11(15-16)12(17)7-8-2-3-9(13)10(14)6-8/h2-6,12,17H,7H2,1H3. The quantitative estimate of drug-likeness (QED) is 0.931. The van der Waals surface area contributed by atoms with Gasteiger partial charge in [-0.05, 0) is 23.8 Å². The van der Waals surface area contributed by atoms with Crippen molar-refractivity contribution in [2.24, 2.45) is 7.05 Å². The predicted molar refractivity (Wildman–Crippen MR) is 68.3 cm³/mol. The molecule has 0 spiro atoms. The van der Waals surface area contributed by atoms with E-state index in [4.69, 9.17) is 23.2 Å². The molecule has 0 fully saturated rings. The number of aliphatic hydroxyl groups is 1. The summed E-state index contributed by atoms with van der Waals surface area (Å²) in [5, 5.41) is 15.2. The van der Waals surface area contributed by atoms with Gasteiger partial charge in [-0.3, -0.25) is 4.68 Å². The molecule has 0 amide bonds. The van der Waals surface area contributed by atoms with Crippen molar-refractivity contribution in [1.29, 1.82) is 0 Å². The second-order valence-electron chi connectivity index (χ2n) is 3.88.